The molecule has 0 N–H and O–H groups in total. The number of unbranched alkanes of at least 4 members (excludes halogenated alkanes) is 2. The Hall–Kier alpha value is -0.380. The van der Waals surface area contributed by atoms with Crippen LogP contribution in [0.1, 0.15) is 32.0 Å². The van der Waals surface area contributed by atoms with E-state index < -0.39 is 0 Å². The van der Waals surface area contributed by atoms with E-state index >= 15 is 0 Å². The van der Waals surface area contributed by atoms with Crippen LogP contribution in [0, 0.1) is 0 Å². The number of halogens is 1. The van der Waals surface area contributed by atoms with E-state index in [0.29, 0.717) is 4.73 Å². The topological polar surface area (TPSA) is 30.7 Å². The Bertz CT molecular complexity index is 244. The largest absolute Gasteiger partial charge is 0.252 e. The molecule has 0 radical (unpaired) electrons. The van der Waals surface area contributed by atoms with Gasteiger partial charge in [-0.25, -0.2) is 4.98 Å². The summed E-state index contributed by atoms with van der Waals surface area (Å²) in [5, 5.41) is 4.11. The summed E-state index contributed by atoms with van der Waals surface area (Å²) in [6.45, 7) is 2.20. The highest BCUT2D eigenvalue weighted by atomic mass is 79.9. The molecule has 0 unspecified atom stereocenters. The molecule has 0 aliphatic rings. The first-order valence-corrected chi connectivity index (χ1v) is 5.08. The lowest BCUT2D eigenvalue weighted by molar-refractivity contribution is 0.642. The SMILES string of the molecule is CCCCCc1nc(Br)nn1C. The second-order valence-electron chi connectivity index (χ2n) is 2.88. The van der Waals surface area contributed by atoms with Crippen LogP contribution in [0.15, 0.2) is 4.73 Å². The molecule has 0 spiro atoms. The number of rotatable bonds is 4. The zero-order valence-corrected chi connectivity index (χ0v) is 9.13. The highest BCUT2D eigenvalue weighted by Crippen LogP contribution is 2.07. The van der Waals surface area contributed by atoms with E-state index in [0.717, 1.165) is 12.2 Å². The molecule has 68 valence electrons. The van der Waals surface area contributed by atoms with Crippen molar-refractivity contribution in [3.05, 3.63) is 10.6 Å². The molecule has 0 aliphatic carbocycles. The maximum atomic E-state index is 4.25. The first-order valence-electron chi connectivity index (χ1n) is 4.29. The predicted octanol–water partition coefficient (Wildman–Crippen LogP) is 2.31. The van der Waals surface area contributed by atoms with Crippen LogP contribution >= 0.6 is 15.9 Å². The average molecular weight is 232 g/mol. The van der Waals surface area contributed by atoms with Gasteiger partial charge in [0.05, 0.1) is 0 Å². The molecule has 0 saturated carbocycles. The molecule has 1 aromatic rings. The molecule has 12 heavy (non-hydrogen) atoms. The fraction of sp³-hybridized carbons (Fsp3) is 0.750. The van der Waals surface area contributed by atoms with Gasteiger partial charge in [-0.3, -0.25) is 4.68 Å². The third kappa shape index (κ3) is 2.59. The van der Waals surface area contributed by atoms with Gasteiger partial charge in [-0.15, -0.1) is 5.10 Å². The summed E-state index contributed by atoms with van der Waals surface area (Å²) in [4.78, 5) is 4.25. The smallest absolute Gasteiger partial charge is 0.217 e. The summed E-state index contributed by atoms with van der Waals surface area (Å²) < 4.78 is 2.52. The highest BCUT2D eigenvalue weighted by molar-refractivity contribution is 9.10. The quantitative estimate of drug-likeness (QED) is 0.746. The number of aryl methyl sites for hydroxylation is 2. The monoisotopic (exact) mass is 231 g/mol. The van der Waals surface area contributed by atoms with Gasteiger partial charge in [0.1, 0.15) is 5.82 Å². The summed E-state index contributed by atoms with van der Waals surface area (Å²) >= 11 is 3.25. The Balaban J connectivity index is 2.45. The molecule has 0 amide bonds. The number of hydrogen-bond donors (Lipinski definition) is 0. The molecule has 4 heteroatoms. The molecule has 1 aromatic heterocycles. The van der Waals surface area contributed by atoms with Crippen molar-refractivity contribution in [1.29, 1.82) is 0 Å². The molecule has 0 aliphatic heterocycles. The standard InChI is InChI=1S/C8H14BrN3/c1-3-4-5-6-7-10-8(9)11-12(7)2/h3-6H2,1-2H3. The van der Waals surface area contributed by atoms with E-state index in [4.69, 9.17) is 0 Å². The van der Waals surface area contributed by atoms with E-state index in [2.05, 4.69) is 32.9 Å². The van der Waals surface area contributed by atoms with E-state index in [1.54, 1.807) is 0 Å². The summed E-state index contributed by atoms with van der Waals surface area (Å²) in [6, 6.07) is 0. The summed E-state index contributed by atoms with van der Waals surface area (Å²) in [5.74, 6) is 1.07. The van der Waals surface area contributed by atoms with Crippen LogP contribution in [0.5, 0.6) is 0 Å². The molecule has 0 fully saturated rings. The van der Waals surface area contributed by atoms with Crippen molar-refractivity contribution < 1.29 is 0 Å². The van der Waals surface area contributed by atoms with Gasteiger partial charge in [0.15, 0.2) is 0 Å². The Kier molecular flexibility index (Phi) is 3.72. The van der Waals surface area contributed by atoms with Crippen molar-refractivity contribution in [2.24, 2.45) is 7.05 Å². The van der Waals surface area contributed by atoms with Gasteiger partial charge in [0.25, 0.3) is 0 Å². The Labute approximate surface area is 81.3 Å². The first kappa shape index (κ1) is 9.71. The van der Waals surface area contributed by atoms with E-state index in [9.17, 15) is 0 Å². The van der Waals surface area contributed by atoms with Gasteiger partial charge >= 0.3 is 0 Å². The normalized spacial score (nSPS) is 10.6. The Morgan fingerprint density at radius 1 is 1.42 bits per heavy atom. The van der Waals surface area contributed by atoms with Gasteiger partial charge in [-0.2, -0.15) is 0 Å². The molecule has 0 bridgehead atoms. The maximum absolute atomic E-state index is 4.25. The lowest BCUT2D eigenvalue weighted by Crippen LogP contribution is -1.99. The van der Waals surface area contributed by atoms with Crippen LogP contribution in [-0.4, -0.2) is 14.8 Å². The third-order valence-corrected chi connectivity index (χ3v) is 2.17. The molecule has 0 aromatic carbocycles. The maximum Gasteiger partial charge on any atom is 0.217 e. The second-order valence-corrected chi connectivity index (χ2v) is 3.59. The van der Waals surface area contributed by atoms with Crippen molar-refractivity contribution in [1.82, 2.24) is 14.8 Å². The van der Waals surface area contributed by atoms with Crippen molar-refractivity contribution in [2.45, 2.75) is 32.6 Å². The zero-order valence-electron chi connectivity index (χ0n) is 7.55. The van der Waals surface area contributed by atoms with Crippen LogP contribution in [0.25, 0.3) is 0 Å². The lowest BCUT2D eigenvalue weighted by atomic mass is 10.2. The average Bonchev–Trinajstić information content (AvgIpc) is 2.31. The summed E-state index contributed by atoms with van der Waals surface area (Å²) in [7, 11) is 1.93. The first-order chi connectivity index (χ1) is 5.74. The van der Waals surface area contributed by atoms with Gasteiger partial charge < -0.3 is 0 Å². The number of hydrogen-bond acceptors (Lipinski definition) is 2. The molecule has 1 rings (SSSR count). The molecular formula is C8H14BrN3. The number of nitrogens with zero attached hydrogens (tertiary/aromatic N) is 3. The van der Waals surface area contributed by atoms with Crippen LogP contribution in [-0.2, 0) is 13.5 Å². The second kappa shape index (κ2) is 4.60. The van der Waals surface area contributed by atoms with E-state index in [1.165, 1.54) is 19.3 Å². The summed E-state index contributed by atoms with van der Waals surface area (Å²) in [5.41, 5.74) is 0. The van der Waals surface area contributed by atoms with Crippen molar-refractivity contribution in [3.8, 4) is 0 Å². The zero-order chi connectivity index (χ0) is 8.97. The van der Waals surface area contributed by atoms with Crippen LogP contribution in [0.2, 0.25) is 0 Å². The number of aromatic nitrogens is 3. The third-order valence-electron chi connectivity index (χ3n) is 1.83. The minimum Gasteiger partial charge on any atom is -0.252 e. The molecule has 0 atom stereocenters. The van der Waals surface area contributed by atoms with Gasteiger partial charge in [0, 0.05) is 13.5 Å². The van der Waals surface area contributed by atoms with Crippen LogP contribution in [0.3, 0.4) is 0 Å². The van der Waals surface area contributed by atoms with Crippen molar-refractivity contribution >= 4 is 15.9 Å². The van der Waals surface area contributed by atoms with Gasteiger partial charge in [0.2, 0.25) is 4.73 Å². The van der Waals surface area contributed by atoms with Crippen LogP contribution in [0.4, 0.5) is 0 Å². The fourth-order valence-electron chi connectivity index (χ4n) is 1.13. The summed E-state index contributed by atoms with van der Waals surface area (Å²) in [6.07, 6.45) is 4.75. The molecule has 1 heterocycles. The van der Waals surface area contributed by atoms with Crippen molar-refractivity contribution in [2.75, 3.05) is 0 Å². The highest BCUT2D eigenvalue weighted by Gasteiger charge is 2.02. The minimum absolute atomic E-state index is 0.691. The fourth-order valence-corrected chi connectivity index (χ4v) is 1.58. The molecular weight excluding hydrogens is 218 g/mol. The van der Waals surface area contributed by atoms with Gasteiger partial charge in [-0.05, 0) is 22.4 Å². The van der Waals surface area contributed by atoms with Crippen LogP contribution < -0.4 is 0 Å². The lowest BCUT2D eigenvalue weighted by Gasteiger charge is -1.97. The van der Waals surface area contributed by atoms with E-state index in [-0.39, 0.29) is 0 Å². The Morgan fingerprint density at radius 3 is 2.67 bits per heavy atom. The molecule has 3 nitrogen and oxygen atoms in total. The van der Waals surface area contributed by atoms with E-state index in [1.807, 2.05) is 11.7 Å². The Morgan fingerprint density at radius 2 is 2.17 bits per heavy atom. The predicted molar refractivity (Wildman–Crippen MR) is 51.9 cm³/mol. The van der Waals surface area contributed by atoms with Gasteiger partial charge in [-0.1, -0.05) is 19.8 Å². The minimum atomic E-state index is 0.691. The van der Waals surface area contributed by atoms with Crippen molar-refractivity contribution in [3.63, 3.8) is 0 Å². The molecule has 0 saturated heterocycles.